The molecule has 284 valence electrons. The third kappa shape index (κ3) is 10.3. The van der Waals surface area contributed by atoms with Gasteiger partial charge in [0.25, 0.3) is 0 Å². The molecule has 0 radical (unpaired) electrons. The van der Waals surface area contributed by atoms with Gasteiger partial charge in [-0.1, -0.05) is 115 Å². The molecule has 3 nitrogen and oxygen atoms in total. The highest BCUT2D eigenvalue weighted by molar-refractivity contribution is 5.40. The Labute approximate surface area is 317 Å². The molecule has 2 saturated carbocycles. The average molecular weight is 723 g/mol. The normalized spacial score (nSPS) is 21.5. The average Bonchev–Trinajstić information content (AvgIpc) is 3.17. The predicted molar refractivity (Wildman–Crippen MR) is 212 cm³/mol. The van der Waals surface area contributed by atoms with E-state index in [0.717, 1.165) is 97.0 Å². The summed E-state index contributed by atoms with van der Waals surface area (Å²) in [4.78, 5) is 0. The SMILES string of the molecule is CCCCOc1ccc(C(OC(c2ccc(OCCCC)cc2)c2ccc(C3CCC(C)CC3)cc2F)c2ccc(C3CCC(C)CC3)cc2F)cc1. The molecule has 2 aliphatic rings. The molecule has 53 heavy (non-hydrogen) atoms. The number of halogens is 2. The molecule has 4 aromatic rings. The van der Waals surface area contributed by atoms with E-state index in [0.29, 0.717) is 36.2 Å². The van der Waals surface area contributed by atoms with Crippen LogP contribution in [0.2, 0.25) is 0 Å². The van der Waals surface area contributed by atoms with Gasteiger partial charge < -0.3 is 14.2 Å². The van der Waals surface area contributed by atoms with Crippen molar-refractivity contribution < 1.29 is 23.0 Å². The van der Waals surface area contributed by atoms with Crippen LogP contribution in [0.5, 0.6) is 11.5 Å². The lowest BCUT2D eigenvalue weighted by molar-refractivity contribution is 0.0269. The number of ether oxygens (including phenoxy) is 3. The number of benzene rings is 4. The molecule has 0 bridgehead atoms. The van der Waals surface area contributed by atoms with Crippen LogP contribution in [0.1, 0.15) is 162 Å². The Morgan fingerprint density at radius 1 is 0.528 bits per heavy atom. The van der Waals surface area contributed by atoms with E-state index in [9.17, 15) is 0 Å². The molecule has 0 heterocycles. The van der Waals surface area contributed by atoms with Gasteiger partial charge in [0.1, 0.15) is 35.3 Å². The van der Waals surface area contributed by atoms with Crippen LogP contribution in [0.25, 0.3) is 0 Å². The van der Waals surface area contributed by atoms with Crippen molar-refractivity contribution in [1.29, 1.82) is 0 Å². The predicted octanol–water partition coefficient (Wildman–Crippen LogP) is 13.8. The van der Waals surface area contributed by atoms with E-state index < -0.39 is 12.2 Å². The van der Waals surface area contributed by atoms with E-state index in [1.807, 2.05) is 60.7 Å². The second kappa shape index (κ2) is 19.1. The summed E-state index contributed by atoms with van der Waals surface area (Å²) in [5, 5.41) is 0. The lowest BCUT2D eigenvalue weighted by Crippen LogP contribution is -2.17. The fourth-order valence-corrected chi connectivity index (χ4v) is 8.15. The topological polar surface area (TPSA) is 27.7 Å². The maximum Gasteiger partial charge on any atom is 0.129 e. The fraction of sp³-hybridized carbons (Fsp3) is 0.500. The zero-order valence-electron chi connectivity index (χ0n) is 32.4. The van der Waals surface area contributed by atoms with Crippen molar-refractivity contribution in [2.45, 2.75) is 129 Å². The lowest BCUT2D eigenvalue weighted by atomic mass is 9.79. The Bertz CT molecular complexity index is 1580. The molecule has 0 N–H and O–H groups in total. The summed E-state index contributed by atoms with van der Waals surface area (Å²) in [7, 11) is 0. The van der Waals surface area contributed by atoms with Crippen molar-refractivity contribution in [2.24, 2.45) is 11.8 Å². The third-order valence-corrected chi connectivity index (χ3v) is 11.8. The van der Waals surface area contributed by atoms with Crippen LogP contribution < -0.4 is 9.47 Å². The number of rotatable bonds is 16. The highest BCUT2D eigenvalue weighted by atomic mass is 19.1. The van der Waals surface area contributed by atoms with Crippen LogP contribution in [0.4, 0.5) is 8.78 Å². The molecule has 0 saturated heterocycles. The van der Waals surface area contributed by atoms with Crippen LogP contribution in [0.15, 0.2) is 84.9 Å². The first-order valence-corrected chi connectivity index (χ1v) is 20.5. The van der Waals surface area contributed by atoms with Gasteiger partial charge in [0.05, 0.1) is 13.2 Å². The Hall–Kier alpha value is -3.70. The number of hydrogen-bond acceptors (Lipinski definition) is 3. The van der Waals surface area contributed by atoms with E-state index >= 15 is 8.78 Å². The summed E-state index contributed by atoms with van der Waals surface area (Å²) < 4.78 is 52.1. The Balaban J connectivity index is 1.37. The standard InChI is InChI=1S/C48H60F2O3/c1-5-7-29-51-41-23-17-37(18-24-41)47(43-27-21-39(31-45(43)49)35-13-9-33(3)10-14-35)53-48(38-19-25-42(26-20-38)52-30-8-6-2)44-28-22-40(32-46(44)50)36-15-11-34(4)12-16-36/h17-28,31-36,47-48H,5-16,29-30H2,1-4H3. The van der Waals surface area contributed by atoms with Crippen molar-refractivity contribution in [3.05, 3.63) is 130 Å². The Kier molecular flexibility index (Phi) is 14.0. The van der Waals surface area contributed by atoms with Crippen LogP contribution in [0, 0.1) is 23.5 Å². The summed E-state index contributed by atoms with van der Waals surface area (Å²) in [6, 6.07) is 26.9. The van der Waals surface area contributed by atoms with Gasteiger partial charge >= 0.3 is 0 Å². The molecule has 0 aromatic heterocycles. The minimum Gasteiger partial charge on any atom is -0.494 e. The van der Waals surface area contributed by atoms with E-state index in [1.54, 1.807) is 12.1 Å². The van der Waals surface area contributed by atoms with Gasteiger partial charge in [0.15, 0.2) is 0 Å². The van der Waals surface area contributed by atoms with E-state index in [1.165, 1.54) is 25.7 Å². The molecule has 4 aromatic carbocycles. The lowest BCUT2D eigenvalue weighted by Gasteiger charge is -2.30. The largest absolute Gasteiger partial charge is 0.494 e. The molecule has 6 rings (SSSR count). The van der Waals surface area contributed by atoms with Crippen molar-refractivity contribution in [3.8, 4) is 11.5 Å². The zero-order chi connectivity index (χ0) is 37.2. The molecular weight excluding hydrogens is 663 g/mol. The van der Waals surface area contributed by atoms with E-state index in [4.69, 9.17) is 14.2 Å². The van der Waals surface area contributed by atoms with Crippen LogP contribution in [-0.4, -0.2) is 13.2 Å². The van der Waals surface area contributed by atoms with Crippen molar-refractivity contribution in [3.63, 3.8) is 0 Å². The molecule has 0 aliphatic heterocycles. The highest BCUT2D eigenvalue weighted by Crippen LogP contribution is 2.42. The molecule has 2 fully saturated rings. The molecule has 2 unspecified atom stereocenters. The van der Waals surface area contributed by atoms with Gasteiger partial charge in [-0.2, -0.15) is 0 Å². The van der Waals surface area contributed by atoms with Gasteiger partial charge in [-0.05, 0) is 121 Å². The first kappa shape index (κ1) is 39.0. The summed E-state index contributed by atoms with van der Waals surface area (Å²) in [6.45, 7) is 10.2. The fourth-order valence-electron chi connectivity index (χ4n) is 8.15. The number of unbranched alkanes of at least 4 members (excludes halogenated alkanes) is 2. The minimum atomic E-state index is -0.801. The van der Waals surface area contributed by atoms with Gasteiger partial charge in [0, 0.05) is 11.1 Å². The van der Waals surface area contributed by atoms with Crippen molar-refractivity contribution in [2.75, 3.05) is 13.2 Å². The number of hydrogen-bond donors (Lipinski definition) is 0. The second-order valence-corrected chi connectivity index (χ2v) is 15.9. The van der Waals surface area contributed by atoms with Gasteiger partial charge in [-0.15, -0.1) is 0 Å². The van der Waals surface area contributed by atoms with E-state index in [-0.39, 0.29) is 11.6 Å². The molecule has 0 amide bonds. The van der Waals surface area contributed by atoms with Crippen LogP contribution in [0.3, 0.4) is 0 Å². The smallest absolute Gasteiger partial charge is 0.129 e. The Morgan fingerprint density at radius 2 is 0.906 bits per heavy atom. The van der Waals surface area contributed by atoms with E-state index in [2.05, 4.69) is 39.8 Å². The Morgan fingerprint density at radius 3 is 1.25 bits per heavy atom. The minimum absolute atomic E-state index is 0.296. The quantitative estimate of drug-likeness (QED) is 0.108. The monoisotopic (exact) mass is 722 g/mol. The molecule has 2 aliphatic carbocycles. The summed E-state index contributed by atoms with van der Waals surface area (Å²) >= 11 is 0. The summed E-state index contributed by atoms with van der Waals surface area (Å²) in [5.74, 6) is 3.09. The second-order valence-electron chi connectivity index (χ2n) is 15.9. The summed E-state index contributed by atoms with van der Waals surface area (Å²) in [6.07, 6.45) is 11.4. The van der Waals surface area contributed by atoms with Crippen LogP contribution in [-0.2, 0) is 4.74 Å². The third-order valence-electron chi connectivity index (χ3n) is 11.8. The zero-order valence-corrected chi connectivity index (χ0v) is 32.4. The molecule has 2 atom stereocenters. The van der Waals surface area contributed by atoms with Gasteiger partial charge in [-0.25, -0.2) is 8.78 Å². The first-order chi connectivity index (χ1) is 25.8. The molecule has 5 heteroatoms. The highest BCUT2D eigenvalue weighted by Gasteiger charge is 2.30. The molecular formula is C48H60F2O3. The van der Waals surface area contributed by atoms with Gasteiger partial charge in [-0.3, -0.25) is 0 Å². The molecule has 0 spiro atoms. The maximum absolute atomic E-state index is 16.5. The van der Waals surface area contributed by atoms with Crippen molar-refractivity contribution in [1.82, 2.24) is 0 Å². The van der Waals surface area contributed by atoms with Gasteiger partial charge in [0.2, 0.25) is 0 Å². The first-order valence-electron chi connectivity index (χ1n) is 20.5. The maximum atomic E-state index is 16.5. The van der Waals surface area contributed by atoms with Crippen molar-refractivity contribution >= 4 is 0 Å². The summed E-state index contributed by atoms with van der Waals surface area (Å²) in [5.41, 5.74) is 4.54. The van der Waals surface area contributed by atoms with Crippen LogP contribution >= 0.6 is 0 Å².